The summed E-state index contributed by atoms with van der Waals surface area (Å²) in [5.41, 5.74) is 1.51. The van der Waals surface area contributed by atoms with E-state index in [0.29, 0.717) is 36.1 Å². The minimum atomic E-state index is -0.293. The number of hydrogen-bond acceptors (Lipinski definition) is 4. The lowest BCUT2D eigenvalue weighted by molar-refractivity contribution is -0.126. The van der Waals surface area contributed by atoms with Gasteiger partial charge in [-0.15, -0.1) is 11.3 Å². The Hall–Kier alpha value is -2.28. The molecule has 0 spiro atoms. The fourth-order valence-corrected chi connectivity index (χ4v) is 4.72. The topological polar surface area (TPSA) is 62.3 Å². The van der Waals surface area contributed by atoms with Gasteiger partial charge in [0.2, 0.25) is 5.91 Å². The predicted octanol–water partition coefficient (Wildman–Crippen LogP) is 4.27. The molecule has 5 nitrogen and oxygen atoms in total. The number of halogens is 1. The molecule has 2 amide bonds. The zero-order valence-electron chi connectivity index (χ0n) is 17.2. The maximum Gasteiger partial charge on any atom is 0.265 e. The Morgan fingerprint density at radius 3 is 2.55 bits per heavy atom. The van der Waals surface area contributed by atoms with Crippen molar-refractivity contribution < 1.29 is 14.0 Å². The third-order valence-electron chi connectivity index (χ3n) is 5.58. The van der Waals surface area contributed by atoms with E-state index in [-0.39, 0.29) is 23.5 Å². The summed E-state index contributed by atoms with van der Waals surface area (Å²) >= 11 is 1.35. The van der Waals surface area contributed by atoms with E-state index in [1.807, 2.05) is 25.7 Å². The molecule has 0 aliphatic carbocycles. The first-order valence-electron chi connectivity index (χ1n) is 10.2. The van der Waals surface area contributed by atoms with Crippen LogP contribution in [0.1, 0.15) is 48.5 Å². The van der Waals surface area contributed by atoms with Gasteiger partial charge < -0.3 is 10.2 Å². The number of nitrogens with zero attached hydrogens (tertiary/aromatic N) is 2. The quantitative estimate of drug-likeness (QED) is 0.763. The van der Waals surface area contributed by atoms with Crippen LogP contribution in [0.4, 0.5) is 4.39 Å². The van der Waals surface area contributed by atoms with E-state index in [4.69, 9.17) is 0 Å². The number of aromatic nitrogens is 1. The van der Waals surface area contributed by atoms with Crippen LogP contribution < -0.4 is 5.32 Å². The van der Waals surface area contributed by atoms with E-state index in [2.05, 4.69) is 10.3 Å². The standard InChI is InChI=1S/C22H28FN3O2S/c1-4-11-24-20(27)14(2)16-9-12-26(13-10-16)22(28)19-15(3)25-21(29-19)17-5-7-18(23)8-6-17/h5-8,14,16H,4,9-13H2,1-3H3,(H,24,27). The van der Waals surface area contributed by atoms with Crippen molar-refractivity contribution in [2.45, 2.75) is 40.0 Å². The predicted molar refractivity (Wildman–Crippen MR) is 113 cm³/mol. The molecule has 156 valence electrons. The minimum Gasteiger partial charge on any atom is -0.356 e. The second-order valence-corrected chi connectivity index (χ2v) is 8.65. The second-order valence-electron chi connectivity index (χ2n) is 7.65. The van der Waals surface area contributed by atoms with Gasteiger partial charge in [0.05, 0.1) is 5.69 Å². The van der Waals surface area contributed by atoms with Crippen LogP contribution in [0, 0.1) is 24.6 Å². The Morgan fingerprint density at radius 1 is 1.28 bits per heavy atom. The van der Waals surface area contributed by atoms with E-state index in [9.17, 15) is 14.0 Å². The zero-order chi connectivity index (χ0) is 21.0. The normalized spacial score (nSPS) is 15.9. The van der Waals surface area contributed by atoms with Crippen LogP contribution in [0.2, 0.25) is 0 Å². The van der Waals surface area contributed by atoms with Crippen molar-refractivity contribution in [3.63, 3.8) is 0 Å². The van der Waals surface area contributed by atoms with Crippen LogP contribution in [-0.2, 0) is 4.79 Å². The third-order valence-corrected chi connectivity index (χ3v) is 6.77. The number of rotatable bonds is 6. The van der Waals surface area contributed by atoms with Crippen molar-refractivity contribution in [1.29, 1.82) is 0 Å². The molecule has 1 atom stereocenters. The number of carbonyl (C=O) groups excluding carboxylic acids is 2. The molecule has 1 N–H and O–H groups in total. The molecule has 1 aromatic carbocycles. The average Bonchev–Trinajstić information content (AvgIpc) is 3.13. The summed E-state index contributed by atoms with van der Waals surface area (Å²) in [7, 11) is 0. The average molecular weight is 418 g/mol. The van der Waals surface area contributed by atoms with Crippen LogP contribution in [0.25, 0.3) is 10.6 Å². The Kier molecular flexibility index (Phi) is 7.00. The number of carbonyl (C=O) groups is 2. The molecule has 1 fully saturated rings. The van der Waals surface area contributed by atoms with E-state index in [1.165, 1.54) is 23.5 Å². The van der Waals surface area contributed by atoms with Crippen molar-refractivity contribution in [2.24, 2.45) is 11.8 Å². The fraction of sp³-hybridized carbons (Fsp3) is 0.500. The van der Waals surface area contributed by atoms with Crippen LogP contribution in [0.5, 0.6) is 0 Å². The Labute approximate surface area is 175 Å². The number of nitrogens with one attached hydrogen (secondary N) is 1. The largest absolute Gasteiger partial charge is 0.356 e. The monoisotopic (exact) mass is 417 g/mol. The summed E-state index contributed by atoms with van der Waals surface area (Å²) in [5, 5.41) is 3.69. The molecule has 2 heterocycles. The highest BCUT2D eigenvalue weighted by atomic mass is 32.1. The summed E-state index contributed by atoms with van der Waals surface area (Å²) in [6.07, 6.45) is 2.59. The molecule has 29 heavy (non-hydrogen) atoms. The fourth-order valence-electron chi connectivity index (χ4n) is 3.68. The lowest BCUT2D eigenvalue weighted by atomic mass is 9.85. The van der Waals surface area contributed by atoms with Crippen molar-refractivity contribution in [3.8, 4) is 10.6 Å². The molecule has 1 saturated heterocycles. The minimum absolute atomic E-state index is 0.00472. The van der Waals surface area contributed by atoms with E-state index < -0.39 is 0 Å². The van der Waals surface area contributed by atoms with Gasteiger partial charge in [0.1, 0.15) is 15.7 Å². The number of benzene rings is 1. The molecule has 0 bridgehead atoms. The van der Waals surface area contributed by atoms with Gasteiger partial charge in [-0.05, 0) is 56.4 Å². The lowest BCUT2D eigenvalue weighted by Gasteiger charge is -2.34. The van der Waals surface area contributed by atoms with Gasteiger partial charge in [-0.2, -0.15) is 0 Å². The van der Waals surface area contributed by atoms with Crippen molar-refractivity contribution in [1.82, 2.24) is 15.2 Å². The second kappa shape index (κ2) is 9.48. The van der Waals surface area contributed by atoms with Crippen molar-refractivity contribution in [3.05, 3.63) is 40.7 Å². The highest BCUT2D eigenvalue weighted by molar-refractivity contribution is 7.17. The molecule has 0 radical (unpaired) electrons. The molecule has 1 aliphatic heterocycles. The van der Waals surface area contributed by atoms with Gasteiger partial charge in [-0.25, -0.2) is 9.37 Å². The van der Waals surface area contributed by atoms with Crippen LogP contribution in [0.15, 0.2) is 24.3 Å². The summed E-state index contributed by atoms with van der Waals surface area (Å²) < 4.78 is 13.2. The van der Waals surface area contributed by atoms with Crippen LogP contribution in [-0.4, -0.2) is 41.3 Å². The summed E-state index contributed by atoms with van der Waals surface area (Å²) in [6.45, 7) is 7.87. The first-order chi connectivity index (χ1) is 13.9. The van der Waals surface area contributed by atoms with E-state index in [0.717, 1.165) is 29.8 Å². The molecular weight excluding hydrogens is 389 g/mol. The van der Waals surface area contributed by atoms with E-state index in [1.54, 1.807) is 12.1 Å². The Balaban J connectivity index is 1.62. The zero-order valence-corrected chi connectivity index (χ0v) is 18.0. The maximum atomic E-state index is 13.2. The van der Waals surface area contributed by atoms with Gasteiger partial charge in [0.25, 0.3) is 5.91 Å². The smallest absolute Gasteiger partial charge is 0.265 e. The van der Waals surface area contributed by atoms with Gasteiger partial charge >= 0.3 is 0 Å². The van der Waals surface area contributed by atoms with Crippen molar-refractivity contribution in [2.75, 3.05) is 19.6 Å². The highest BCUT2D eigenvalue weighted by Crippen LogP contribution is 2.31. The number of piperidine rings is 1. The molecule has 7 heteroatoms. The Bertz CT molecular complexity index is 857. The molecule has 2 aromatic rings. The number of aryl methyl sites for hydroxylation is 1. The van der Waals surface area contributed by atoms with E-state index >= 15 is 0 Å². The van der Waals surface area contributed by atoms with Crippen molar-refractivity contribution >= 4 is 23.2 Å². The lowest BCUT2D eigenvalue weighted by Crippen LogP contribution is -2.42. The third kappa shape index (κ3) is 5.01. The molecular formula is C22H28FN3O2S. The molecule has 1 aromatic heterocycles. The highest BCUT2D eigenvalue weighted by Gasteiger charge is 2.31. The van der Waals surface area contributed by atoms with Crippen LogP contribution in [0.3, 0.4) is 0 Å². The van der Waals surface area contributed by atoms with Gasteiger partial charge in [0.15, 0.2) is 0 Å². The first-order valence-corrected chi connectivity index (χ1v) is 11.0. The summed E-state index contributed by atoms with van der Waals surface area (Å²) in [4.78, 5) is 32.3. The number of hydrogen-bond donors (Lipinski definition) is 1. The van der Waals surface area contributed by atoms with Gasteiger partial charge in [-0.1, -0.05) is 13.8 Å². The summed E-state index contributed by atoms with van der Waals surface area (Å²) in [5.74, 6) is 0.0785. The number of thiazole rings is 1. The van der Waals surface area contributed by atoms with Gasteiger partial charge in [-0.3, -0.25) is 9.59 Å². The SMILES string of the molecule is CCCNC(=O)C(C)C1CCN(C(=O)c2sc(-c3ccc(F)cc3)nc2C)CC1. The molecule has 1 unspecified atom stereocenters. The molecule has 1 aliphatic rings. The van der Waals surface area contributed by atoms with Gasteiger partial charge in [0, 0.05) is 31.1 Å². The molecule has 3 rings (SSSR count). The van der Waals surface area contributed by atoms with Crippen LogP contribution >= 0.6 is 11.3 Å². The Morgan fingerprint density at radius 2 is 1.93 bits per heavy atom. The number of amides is 2. The first kappa shape index (κ1) is 21.4. The molecule has 0 saturated carbocycles. The summed E-state index contributed by atoms with van der Waals surface area (Å²) in [6, 6.07) is 6.16. The maximum absolute atomic E-state index is 13.2. The number of likely N-dealkylation sites (tertiary alicyclic amines) is 1.